The van der Waals surface area contributed by atoms with E-state index >= 15 is 0 Å². The normalized spacial score (nSPS) is 12.8. The molecule has 0 saturated carbocycles. The molecule has 1 unspecified atom stereocenters. The number of hydrogen-bond acceptors (Lipinski definition) is 5. The highest BCUT2D eigenvalue weighted by atomic mass is 31.2. The van der Waals surface area contributed by atoms with E-state index in [1.54, 1.807) is 55.5 Å². The summed E-state index contributed by atoms with van der Waals surface area (Å²) >= 11 is 0. The number of benzene rings is 2. The maximum Gasteiger partial charge on any atom is 0.589 e. The van der Waals surface area contributed by atoms with Gasteiger partial charge in [0.25, 0.3) is 0 Å². The first-order valence-corrected chi connectivity index (χ1v) is 9.32. The molecule has 0 aliphatic carbocycles. The van der Waals surface area contributed by atoms with Crippen molar-refractivity contribution >= 4 is 7.82 Å². The quantitative estimate of drug-likeness (QED) is 0.454. The second-order valence-corrected chi connectivity index (χ2v) is 7.13. The molecule has 0 amide bonds. The van der Waals surface area contributed by atoms with Crippen molar-refractivity contribution in [1.29, 1.82) is 0 Å². The van der Waals surface area contributed by atoms with Crippen molar-refractivity contribution in [3.63, 3.8) is 0 Å². The smallest absolute Gasteiger partial charge is 0.395 e. The van der Waals surface area contributed by atoms with Crippen LogP contribution in [0.4, 0.5) is 0 Å². The average Bonchev–Trinajstić information content (AvgIpc) is 2.54. The lowest BCUT2D eigenvalue weighted by atomic mass is 10.2. The zero-order valence-electron chi connectivity index (χ0n) is 14.1. The van der Waals surface area contributed by atoms with E-state index in [9.17, 15) is 4.57 Å². The Balaban J connectivity index is 2.12. The summed E-state index contributed by atoms with van der Waals surface area (Å²) in [6, 6.07) is 17.5. The number of ether oxygens (including phenoxy) is 1. The average molecular weight is 350 g/mol. The summed E-state index contributed by atoms with van der Waals surface area (Å²) < 4.78 is 35.1. The van der Waals surface area contributed by atoms with Gasteiger partial charge in [-0.05, 0) is 37.1 Å². The van der Waals surface area contributed by atoms with Crippen molar-refractivity contribution in [3.8, 4) is 11.5 Å². The molecular weight excluding hydrogens is 327 g/mol. The van der Waals surface area contributed by atoms with Crippen LogP contribution in [0, 0.1) is 5.92 Å². The van der Waals surface area contributed by atoms with Crippen LogP contribution in [0.3, 0.4) is 0 Å². The van der Waals surface area contributed by atoms with Crippen LogP contribution in [0.15, 0.2) is 60.7 Å². The van der Waals surface area contributed by atoms with Crippen LogP contribution < -0.4 is 9.05 Å². The predicted octanol–water partition coefficient (Wildman–Crippen LogP) is 5.29. The van der Waals surface area contributed by atoms with Crippen molar-refractivity contribution in [2.75, 3.05) is 6.61 Å². The van der Waals surface area contributed by atoms with E-state index < -0.39 is 14.1 Å². The predicted molar refractivity (Wildman–Crippen MR) is 93.1 cm³/mol. The van der Waals surface area contributed by atoms with Crippen LogP contribution >= 0.6 is 7.82 Å². The van der Waals surface area contributed by atoms with E-state index in [1.807, 2.05) is 26.0 Å². The van der Waals surface area contributed by atoms with Gasteiger partial charge in [0, 0.05) is 0 Å². The zero-order valence-corrected chi connectivity index (χ0v) is 15.0. The molecule has 6 heteroatoms. The molecule has 0 fully saturated rings. The Kier molecular flexibility index (Phi) is 6.85. The van der Waals surface area contributed by atoms with Crippen molar-refractivity contribution in [2.24, 2.45) is 5.92 Å². The minimum absolute atomic E-state index is 0.334. The summed E-state index contributed by atoms with van der Waals surface area (Å²) in [6.45, 7) is 6.19. The Hall–Kier alpha value is -1.81. The van der Waals surface area contributed by atoms with Gasteiger partial charge in [-0.2, -0.15) is 0 Å². The van der Waals surface area contributed by atoms with E-state index in [-0.39, 0.29) is 0 Å². The molecule has 2 aromatic rings. The zero-order chi connectivity index (χ0) is 17.4. The fourth-order valence-corrected chi connectivity index (χ4v) is 3.13. The van der Waals surface area contributed by atoms with Gasteiger partial charge in [0.05, 0.1) is 6.61 Å². The molecule has 5 nitrogen and oxygen atoms in total. The van der Waals surface area contributed by atoms with E-state index in [0.717, 1.165) is 0 Å². The molecule has 0 aromatic heterocycles. The second-order valence-electron chi connectivity index (χ2n) is 5.66. The second kappa shape index (κ2) is 8.88. The van der Waals surface area contributed by atoms with Crippen molar-refractivity contribution in [3.05, 3.63) is 60.7 Å². The lowest BCUT2D eigenvalue weighted by Crippen LogP contribution is -2.18. The Morgan fingerprint density at radius 3 is 1.71 bits per heavy atom. The van der Waals surface area contributed by atoms with Crippen molar-refractivity contribution in [2.45, 2.75) is 27.1 Å². The molecule has 0 spiro atoms. The number of hydrogen-bond donors (Lipinski definition) is 0. The van der Waals surface area contributed by atoms with Crippen LogP contribution in [0.2, 0.25) is 0 Å². The van der Waals surface area contributed by atoms with E-state index in [4.69, 9.17) is 18.3 Å². The first-order valence-electron chi connectivity index (χ1n) is 7.86. The molecule has 0 saturated heterocycles. The SMILES string of the molecule is CC(C)COC(C)OP(=O)(Oc1ccccc1)Oc1ccccc1. The van der Waals surface area contributed by atoms with E-state index in [0.29, 0.717) is 24.0 Å². The third-order valence-electron chi connectivity index (χ3n) is 2.86. The Morgan fingerprint density at radius 1 is 0.833 bits per heavy atom. The Labute approximate surface area is 143 Å². The summed E-state index contributed by atoms with van der Waals surface area (Å²) in [6.07, 6.45) is -0.731. The van der Waals surface area contributed by atoms with E-state index in [2.05, 4.69) is 0 Å². The summed E-state index contributed by atoms with van der Waals surface area (Å²) in [4.78, 5) is 0. The van der Waals surface area contributed by atoms with Gasteiger partial charge in [-0.1, -0.05) is 50.2 Å². The Morgan fingerprint density at radius 2 is 1.29 bits per heavy atom. The largest absolute Gasteiger partial charge is 0.589 e. The summed E-state index contributed by atoms with van der Waals surface area (Å²) in [7, 11) is -3.90. The van der Waals surface area contributed by atoms with Crippen LogP contribution in [0.25, 0.3) is 0 Å². The fourth-order valence-electron chi connectivity index (χ4n) is 1.82. The molecule has 0 radical (unpaired) electrons. The molecule has 24 heavy (non-hydrogen) atoms. The lowest BCUT2D eigenvalue weighted by molar-refractivity contribution is -0.0853. The fraction of sp³-hybridized carbons (Fsp3) is 0.333. The topological polar surface area (TPSA) is 54.0 Å². The minimum atomic E-state index is -3.90. The van der Waals surface area contributed by atoms with Crippen LogP contribution in [0.1, 0.15) is 20.8 Å². The van der Waals surface area contributed by atoms with Gasteiger partial charge in [-0.3, -0.25) is 0 Å². The first kappa shape index (κ1) is 18.5. The maximum atomic E-state index is 13.1. The van der Waals surface area contributed by atoms with Gasteiger partial charge >= 0.3 is 7.82 Å². The molecule has 0 aliphatic heterocycles. The molecule has 0 heterocycles. The molecule has 0 bridgehead atoms. The monoisotopic (exact) mass is 350 g/mol. The number of para-hydroxylation sites is 2. The van der Waals surface area contributed by atoms with Gasteiger partial charge in [-0.15, -0.1) is 0 Å². The standard InChI is InChI=1S/C18H23O5P/c1-15(2)14-20-16(3)21-24(19,22-17-10-6-4-7-11-17)23-18-12-8-5-9-13-18/h4-13,15-16H,14H2,1-3H3. The van der Waals surface area contributed by atoms with Crippen LogP contribution in [-0.2, 0) is 13.8 Å². The minimum Gasteiger partial charge on any atom is -0.395 e. The maximum absolute atomic E-state index is 13.1. The third kappa shape index (κ3) is 6.36. The highest BCUT2D eigenvalue weighted by Crippen LogP contribution is 2.50. The van der Waals surface area contributed by atoms with Crippen molar-refractivity contribution < 1.29 is 22.9 Å². The number of rotatable bonds is 9. The Bertz CT molecular complexity index is 599. The first-order chi connectivity index (χ1) is 11.5. The van der Waals surface area contributed by atoms with E-state index in [1.165, 1.54) is 0 Å². The summed E-state index contributed by atoms with van der Waals surface area (Å²) in [5.41, 5.74) is 0. The lowest BCUT2D eigenvalue weighted by Gasteiger charge is -2.23. The third-order valence-corrected chi connectivity index (χ3v) is 4.29. The molecule has 130 valence electrons. The number of phosphoric ester groups is 1. The molecule has 1 atom stereocenters. The van der Waals surface area contributed by atoms with Crippen molar-refractivity contribution in [1.82, 2.24) is 0 Å². The van der Waals surface area contributed by atoms with Gasteiger partial charge in [0.15, 0.2) is 6.29 Å². The van der Waals surface area contributed by atoms with Crippen LogP contribution in [0.5, 0.6) is 11.5 Å². The van der Waals surface area contributed by atoms with Gasteiger partial charge in [-0.25, -0.2) is 9.09 Å². The highest BCUT2D eigenvalue weighted by Gasteiger charge is 2.33. The molecule has 2 rings (SSSR count). The van der Waals surface area contributed by atoms with Gasteiger partial charge in [0.2, 0.25) is 0 Å². The molecule has 0 N–H and O–H groups in total. The number of phosphoric acid groups is 1. The molecular formula is C18H23O5P. The van der Waals surface area contributed by atoms with Gasteiger partial charge in [0.1, 0.15) is 11.5 Å². The van der Waals surface area contributed by atoms with Gasteiger partial charge < -0.3 is 13.8 Å². The molecule has 0 aliphatic rings. The molecule has 2 aromatic carbocycles. The highest BCUT2D eigenvalue weighted by molar-refractivity contribution is 7.49. The van der Waals surface area contributed by atoms with Crippen LogP contribution in [-0.4, -0.2) is 12.9 Å². The summed E-state index contributed by atoms with van der Waals surface area (Å²) in [5.74, 6) is 1.13. The summed E-state index contributed by atoms with van der Waals surface area (Å²) in [5, 5.41) is 0.